The van der Waals surface area contributed by atoms with Crippen molar-refractivity contribution in [2.24, 2.45) is 0 Å². The van der Waals surface area contributed by atoms with Crippen LogP contribution < -0.4 is 10.3 Å². The van der Waals surface area contributed by atoms with E-state index in [0.29, 0.717) is 0 Å². The van der Waals surface area contributed by atoms with E-state index >= 15 is 0 Å². The van der Waals surface area contributed by atoms with E-state index in [2.05, 4.69) is 34.4 Å². The fraction of sp³-hybridized carbons (Fsp3) is 0.538. The van der Waals surface area contributed by atoms with Crippen molar-refractivity contribution in [2.75, 3.05) is 31.2 Å². The Morgan fingerprint density at radius 3 is 2.82 bits per heavy atom. The third kappa shape index (κ3) is 2.92. The van der Waals surface area contributed by atoms with Crippen molar-refractivity contribution in [1.82, 2.24) is 10.4 Å². The van der Waals surface area contributed by atoms with Crippen LogP contribution in [0.5, 0.6) is 0 Å². The highest BCUT2D eigenvalue weighted by molar-refractivity contribution is 6.34. The fourth-order valence-corrected chi connectivity index (χ4v) is 2.37. The lowest BCUT2D eigenvalue weighted by atomic mass is 10.2. The van der Waals surface area contributed by atoms with Crippen molar-refractivity contribution >= 4 is 17.3 Å². The van der Waals surface area contributed by atoms with Gasteiger partial charge in [0.05, 0.1) is 17.4 Å². The number of rotatable bonds is 3. The van der Waals surface area contributed by atoms with Gasteiger partial charge in [-0.05, 0) is 25.0 Å². The summed E-state index contributed by atoms with van der Waals surface area (Å²) in [6.45, 7) is 8.25. The van der Waals surface area contributed by atoms with Gasteiger partial charge in [0.25, 0.3) is 0 Å². The lowest BCUT2D eigenvalue weighted by Crippen LogP contribution is -2.54. The normalized spacial score (nSPS) is 17.5. The van der Waals surface area contributed by atoms with Crippen LogP contribution in [0.2, 0.25) is 5.02 Å². The minimum atomic E-state index is 0.836. The van der Waals surface area contributed by atoms with Crippen LogP contribution in [-0.2, 0) is 0 Å². The molecule has 0 aliphatic carbocycles. The summed E-state index contributed by atoms with van der Waals surface area (Å²) in [7, 11) is 0. The second-order valence-corrected chi connectivity index (χ2v) is 4.85. The van der Waals surface area contributed by atoms with Gasteiger partial charge in [-0.1, -0.05) is 30.7 Å². The Morgan fingerprint density at radius 1 is 1.35 bits per heavy atom. The summed E-state index contributed by atoms with van der Waals surface area (Å²) in [5.74, 6) is 0. The number of anilines is 1. The minimum Gasteiger partial charge on any atom is -0.355 e. The average molecular weight is 254 g/mol. The van der Waals surface area contributed by atoms with Crippen LogP contribution in [0.3, 0.4) is 0 Å². The summed E-state index contributed by atoms with van der Waals surface area (Å²) in [6, 6.07) is 6.20. The Morgan fingerprint density at radius 2 is 2.18 bits per heavy atom. The predicted molar refractivity (Wildman–Crippen MR) is 73.4 cm³/mol. The van der Waals surface area contributed by atoms with E-state index in [1.54, 1.807) is 0 Å². The van der Waals surface area contributed by atoms with Crippen molar-refractivity contribution in [2.45, 2.75) is 20.3 Å². The van der Waals surface area contributed by atoms with Crippen LogP contribution in [-0.4, -0.2) is 31.3 Å². The quantitative estimate of drug-likeness (QED) is 0.894. The van der Waals surface area contributed by atoms with E-state index in [-0.39, 0.29) is 0 Å². The summed E-state index contributed by atoms with van der Waals surface area (Å²) < 4.78 is 0. The van der Waals surface area contributed by atoms with E-state index in [4.69, 9.17) is 11.6 Å². The third-order valence-corrected chi connectivity index (χ3v) is 3.62. The van der Waals surface area contributed by atoms with Gasteiger partial charge in [0.2, 0.25) is 0 Å². The molecule has 1 saturated heterocycles. The first-order valence-corrected chi connectivity index (χ1v) is 6.58. The number of hydrogen-bond acceptors (Lipinski definition) is 3. The Kier molecular flexibility index (Phi) is 4.26. The highest BCUT2D eigenvalue weighted by Crippen LogP contribution is 2.28. The van der Waals surface area contributed by atoms with Gasteiger partial charge < -0.3 is 4.90 Å². The molecule has 0 saturated carbocycles. The molecule has 1 aromatic rings. The molecular weight excluding hydrogens is 234 g/mol. The summed E-state index contributed by atoms with van der Waals surface area (Å²) in [6.07, 6.45) is 1.18. The predicted octanol–water partition coefficient (Wildman–Crippen LogP) is 2.64. The lowest BCUT2D eigenvalue weighted by molar-refractivity contribution is 0.166. The van der Waals surface area contributed by atoms with E-state index in [1.165, 1.54) is 6.42 Å². The summed E-state index contributed by atoms with van der Waals surface area (Å²) in [5, 5.41) is 3.15. The maximum Gasteiger partial charge on any atom is 0.0814 e. The van der Waals surface area contributed by atoms with Crippen molar-refractivity contribution in [3.8, 4) is 0 Å². The molecule has 4 heteroatoms. The number of nitrogens with one attached hydrogen (secondary N) is 1. The Labute approximate surface area is 108 Å². The standard InChI is InChI=1S/C13H20ClN3/c1-3-7-17-9-8-16(10-15-17)12-6-4-5-11(2)13(12)14/h4-6,15H,3,7-10H2,1-2H3. The molecule has 0 radical (unpaired) electrons. The van der Waals surface area contributed by atoms with Gasteiger partial charge in [-0.2, -0.15) is 0 Å². The van der Waals surface area contributed by atoms with Gasteiger partial charge in [-0.25, -0.2) is 10.4 Å². The molecule has 1 N–H and O–H groups in total. The molecule has 0 amide bonds. The van der Waals surface area contributed by atoms with Gasteiger partial charge in [0.1, 0.15) is 0 Å². The monoisotopic (exact) mass is 253 g/mol. The lowest BCUT2D eigenvalue weighted by Gasteiger charge is -2.37. The first kappa shape index (κ1) is 12.7. The van der Waals surface area contributed by atoms with Crippen molar-refractivity contribution in [1.29, 1.82) is 0 Å². The number of nitrogens with zero attached hydrogens (tertiary/aromatic N) is 2. The topological polar surface area (TPSA) is 18.5 Å². The fourth-order valence-electron chi connectivity index (χ4n) is 2.13. The first-order chi connectivity index (χ1) is 8.22. The van der Waals surface area contributed by atoms with E-state index in [1.807, 2.05) is 13.0 Å². The third-order valence-electron chi connectivity index (χ3n) is 3.13. The molecule has 0 aromatic heterocycles. The smallest absolute Gasteiger partial charge is 0.0814 e. The van der Waals surface area contributed by atoms with Crippen molar-refractivity contribution in [3.63, 3.8) is 0 Å². The van der Waals surface area contributed by atoms with Gasteiger partial charge in [-0.15, -0.1) is 0 Å². The summed E-state index contributed by atoms with van der Waals surface area (Å²) in [4.78, 5) is 2.29. The number of benzene rings is 1. The Bertz CT molecular complexity index is 373. The van der Waals surface area contributed by atoms with Crippen LogP contribution in [0.25, 0.3) is 0 Å². The second-order valence-electron chi connectivity index (χ2n) is 4.47. The van der Waals surface area contributed by atoms with Crippen LogP contribution in [0, 0.1) is 6.92 Å². The molecule has 2 rings (SSSR count). The molecule has 1 aliphatic heterocycles. The van der Waals surface area contributed by atoms with Crippen molar-refractivity contribution < 1.29 is 0 Å². The van der Waals surface area contributed by atoms with Gasteiger partial charge in [-0.3, -0.25) is 0 Å². The summed E-state index contributed by atoms with van der Waals surface area (Å²) >= 11 is 6.34. The van der Waals surface area contributed by atoms with Crippen LogP contribution in [0.15, 0.2) is 18.2 Å². The second kappa shape index (κ2) is 5.71. The molecule has 0 spiro atoms. The average Bonchev–Trinajstić information content (AvgIpc) is 2.34. The molecule has 0 unspecified atom stereocenters. The zero-order chi connectivity index (χ0) is 12.3. The van der Waals surface area contributed by atoms with E-state index < -0.39 is 0 Å². The largest absolute Gasteiger partial charge is 0.355 e. The highest BCUT2D eigenvalue weighted by atomic mass is 35.5. The summed E-state index contributed by atoms with van der Waals surface area (Å²) in [5.41, 5.74) is 5.69. The maximum atomic E-state index is 6.34. The molecule has 3 nitrogen and oxygen atoms in total. The SMILES string of the molecule is CCCN1CCN(c2cccc(C)c2Cl)CN1. The number of hydrogen-bond donors (Lipinski definition) is 1. The van der Waals surface area contributed by atoms with Gasteiger partial charge in [0.15, 0.2) is 0 Å². The Balaban J connectivity index is 2.03. The van der Waals surface area contributed by atoms with E-state index in [0.717, 1.165) is 42.6 Å². The molecular formula is C13H20ClN3. The molecule has 1 heterocycles. The van der Waals surface area contributed by atoms with Crippen LogP contribution >= 0.6 is 11.6 Å². The minimum absolute atomic E-state index is 0.836. The number of aryl methyl sites for hydroxylation is 1. The van der Waals surface area contributed by atoms with Crippen LogP contribution in [0.4, 0.5) is 5.69 Å². The van der Waals surface area contributed by atoms with Crippen LogP contribution in [0.1, 0.15) is 18.9 Å². The molecule has 1 aromatic carbocycles. The van der Waals surface area contributed by atoms with Gasteiger partial charge >= 0.3 is 0 Å². The molecule has 1 fully saturated rings. The molecule has 17 heavy (non-hydrogen) atoms. The molecule has 0 atom stereocenters. The number of hydrazine groups is 1. The van der Waals surface area contributed by atoms with Gasteiger partial charge in [0, 0.05) is 19.6 Å². The molecule has 1 aliphatic rings. The molecule has 94 valence electrons. The Hall–Kier alpha value is -0.770. The maximum absolute atomic E-state index is 6.34. The van der Waals surface area contributed by atoms with E-state index in [9.17, 15) is 0 Å². The number of halogens is 1. The zero-order valence-electron chi connectivity index (χ0n) is 10.5. The van der Waals surface area contributed by atoms with Crippen molar-refractivity contribution in [3.05, 3.63) is 28.8 Å². The first-order valence-electron chi connectivity index (χ1n) is 6.21. The zero-order valence-corrected chi connectivity index (χ0v) is 11.3. The molecule has 0 bridgehead atoms. The highest BCUT2D eigenvalue weighted by Gasteiger charge is 2.17.